The average Bonchev–Trinajstić information content (AvgIpc) is 2.76. The molecule has 0 N–H and O–H groups in total. The Hall–Kier alpha value is -1.68. The van der Waals surface area contributed by atoms with E-state index in [1.807, 2.05) is 43.8 Å². The topological polar surface area (TPSA) is 30.7 Å². The van der Waals surface area contributed by atoms with Crippen LogP contribution >= 0.6 is 15.9 Å². The largest absolute Gasteiger partial charge is 0.275 e. The minimum absolute atomic E-state index is 0.993. The van der Waals surface area contributed by atoms with Gasteiger partial charge in [0.1, 0.15) is 0 Å². The van der Waals surface area contributed by atoms with Crippen molar-refractivity contribution >= 4 is 26.8 Å². The van der Waals surface area contributed by atoms with Crippen molar-refractivity contribution < 1.29 is 0 Å². The van der Waals surface area contributed by atoms with E-state index < -0.39 is 0 Å². The first kappa shape index (κ1) is 10.5. The van der Waals surface area contributed by atoms with Crippen LogP contribution in [0.15, 0.2) is 47.3 Å². The zero-order valence-corrected chi connectivity index (χ0v) is 10.8. The van der Waals surface area contributed by atoms with Gasteiger partial charge in [-0.15, -0.1) is 0 Å². The minimum Gasteiger partial charge on any atom is -0.275 e. The molecule has 2 heterocycles. The highest BCUT2D eigenvalue weighted by atomic mass is 79.9. The van der Waals surface area contributed by atoms with Crippen molar-refractivity contribution in [3.05, 3.63) is 47.3 Å². The molecule has 0 aliphatic heterocycles. The first-order chi connectivity index (χ1) is 8.24. The molecule has 2 aromatic heterocycles. The molecule has 0 bridgehead atoms. The molecule has 0 amide bonds. The minimum atomic E-state index is 0.993. The standard InChI is InChI=1S/C13H10BrN3/c1-17-8-10(7-16-17)9-5-11-12(14)3-2-4-13(11)15-6-9/h2-8H,1H3. The number of hydrogen-bond acceptors (Lipinski definition) is 2. The summed E-state index contributed by atoms with van der Waals surface area (Å²) in [5.41, 5.74) is 3.15. The second-order valence-corrected chi connectivity index (χ2v) is 4.79. The van der Waals surface area contributed by atoms with Crippen LogP contribution in [0.1, 0.15) is 0 Å². The molecule has 0 fully saturated rings. The Bertz CT molecular complexity index is 688. The van der Waals surface area contributed by atoms with Crippen LogP contribution in [0.5, 0.6) is 0 Å². The summed E-state index contributed by atoms with van der Waals surface area (Å²) in [7, 11) is 1.91. The summed E-state index contributed by atoms with van der Waals surface area (Å²) < 4.78 is 2.85. The fraction of sp³-hybridized carbons (Fsp3) is 0.0769. The molecule has 0 radical (unpaired) electrons. The summed E-state index contributed by atoms with van der Waals surface area (Å²) in [6.07, 6.45) is 5.71. The van der Waals surface area contributed by atoms with Gasteiger partial charge in [0.25, 0.3) is 0 Å². The van der Waals surface area contributed by atoms with Gasteiger partial charge in [-0.25, -0.2) is 0 Å². The Balaban J connectivity index is 2.22. The van der Waals surface area contributed by atoms with Crippen molar-refractivity contribution in [2.75, 3.05) is 0 Å². The maximum atomic E-state index is 4.46. The zero-order valence-electron chi connectivity index (χ0n) is 9.26. The summed E-state index contributed by atoms with van der Waals surface area (Å²) >= 11 is 3.55. The molecule has 0 aliphatic carbocycles. The van der Waals surface area contributed by atoms with E-state index in [0.29, 0.717) is 0 Å². The van der Waals surface area contributed by atoms with Gasteiger partial charge >= 0.3 is 0 Å². The second-order valence-electron chi connectivity index (χ2n) is 3.93. The number of halogens is 1. The Morgan fingerprint density at radius 3 is 2.82 bits per heavy atom. The van der Waals surface area contributed by atoms with Crippen molar-refractivity contribution in [3.63, 3.8) is 0 Å². The van der Waals surface area contributed by atoms with E-state index in [9.17, 15) is 0 Å². The molecule has 0 unspecified atom stereocenters. The molecule has 0 aliphatic rings. The number of pyridine rings is 1. The molecule has 17 heavy (non-hydrogen) atoms. The van der Waals surface area contributed by atoms with Gasteiger partial charge in [0.15, 0.2) is 0 Å². The molecule has 0 spiro atoms. The predicted molar refractivity (Wildman–Crippen MR) is 71.6 cm³/mol. The van der Waals surface area contributed by atoms with E-state index in [4.69, 9.17) is 0 Å². The molecule has 0 saturated carbocycles. The summed E-state index contributed by atoms with van der Waals surface area (Å²) in [5.74, 6) is 0. The third kappa shape index (κ3) is 1.85. The molecule has 4 heteroatoms. The number of aryl methyl sites for hydroxylation is 1. The third-order valence-electron chi connectivity index (χ3n) is 2.71. The highest BCUT2D eigenvalue weighted by Gasteiger charge is 2.04. The Morgan fingerprint density at radius 2 is 2.06 bits per heavy atom. The van der Waals surface area contributed by atoms with E-state index in [1.165, 1.54) is 0 Å². The van der Waals surface area contributed by atoms with E-state index >= 15 is 0 Å². The number of benzene rings is 1. The van der Waals surface area contributed by atoms with Crippen LogP contribution in [0.3, 0.4) is 0 Å². The van der Waals surface area contributed by atoms with Gasteiger partial charge in [-0.1, -0.05) is 22.0 Å². The highest BCUT2D eigenvalue weighted by molar-refractivity contribution is 9.10. The summed E-state index contributed by atoms with van der Waals surface area (Å²) in [6.45, 7) is 0. The molecule has 1 aromatic carbocycles. The Labute approximate surface area is 107 Å². The molecule has 0 saturated heterocycles. The maximum absolute atomic E-state index is 4.46. The van der Waals surface area contributed by atoms with Crippen molar-refractivity contribution in [2.45, 2.75) is 0 Å². The van der Waals surface area contributed by atoms with Gasteiger partial charge in [-0.05, 0) is 18.2 Å². The van der Waals surface area contributed by atoms with Gasteiger partial charge in [0.2, 0.25) is 0 Å². The number of aromatic nitrogens is 3. The SMILES string of the molecule is Cn1cc(-c2cnc3cccc(Br)c3c2)cn1. The summed E-state index contributed by atoms with van der Waals surface area (Å²) in [4.78, 5) is 4.46. The molecule has 3 rings (SSSR count). The van der Waals surface area contributed by atoms with Gasteiger partial charge in [0, 0.05) is 40.4 Å². The number of hydrogen-bond donors (Lipinski definition) is 0. The third-order valence-corrected chi connectivity index (χ3v) is 3.40. The summed E-state index contributed by atoms with van der Waals surface area (Å²) in [6, 6.07) is 8.15. The molecular weight excluding hydrogens is 278 g/mol. The quantitative estimate of drug-likeness (QED) is 0.687. The van der Waals surface area contributed by atoms with Crippen molar-refractivity contribution in [1.82, 2.24) is 14.8 Å². The highest BCUT2D eigenvalue weighted by Crippen LogP contribution is 2.27. The lowest BCUT2D eigenvalue weighted by Gasteiger charge is -2.02. The molecule has 0 atom stereocenters. The van der Waals surface area contributed by atoms with Crippen molar-refractivity contribution in [3.8, 4) is 11.1 Å². The Kier molecular flexibility index (Phi) is 2.44. The second kappa shape index (κ2) is 3.96. The van der Waals surface area contributed by atoms with Gasteiger partial charge in [-0.3, -0.25) is 9.67 Å². The lowest BCUT2D eigenvalue weighted by atomic mass is 10.1. The van der Waals surface area contributed by atoms with Crippen LogP contribution < -0.4 is 0 Å². The number of nitrogens with zero attached hydrogens (tertiary/aromatic N) is 3. The van der Waals surface area contributed by atoms with E-state index in [0.717, 1.165) is 26.5 Å². The van der Waals surface area contributed by atoms with Crippen LogP contribution in [0, 0.1) is 0 Å². The van der Waals surface area contributed by atoms with Crippen LogP contribution in [0.2, 0.25) is 0 Å². The average molecular weight is 288 g/mol. The first-order valence-corrected chi connectivity index (χ1v) is 6.06. The number of rotatable bonds is 1. The fourth-order valence-electron chi connectivity index (χ4n) is 1.84. The Morgan fingerprint density at radius 1 is 1.18 bits per heavy atom. The normalized spacial score (nSPS) is 10.9. The van der Waals surface area contributed by atoms with Crippen LogP contribution in [-0.2, 0) is 7.05 Å². The number of fused-ring (bicyclic) bond motifs is 1. The van der Waals surface area contributed by atoms with Gasteiger partial charge < -0.3 is 0 Å². The molecular formula is C13H10BrN3. The fourth-order valence-corrected chi connectivity index (χ4v) is 2.31. The van der Waals surface area contributed by atoms with Gasteiger partial charge in [-0.2, -0.15) is 5.10 Å². The van der Waals surface area contributed by atoms with E-state index in [-0.39, 0.29) is 0 Å². The monoisotopic (exact) mass is 287 g/mol. The van der Waals surface area contributed by atoms with E-state index in [2.05, 4.69) is 32.1 Å². The maximum Gasteiger partial charge on any atom is 0.0713 e. The van der Waals surface area contributed by atoms with Crippen LogP contribution in [-0.4, -0.2) is 14.8 Å². The van der Waals surface area contributed by atoms with Crippen LogP contribution in [0.25, 0.3) is 22.0 Å². The van der Waals surface area contributed by atoms with Crippen molar-refractivity contribution in [1.29, 1.82) is 0 Å². The van der Waals surface area contributed by atoms with Crippen molar-refractivity contribution in [2.24, 2.45) is 7.05 Å². The smallest absolute Gasteiger partial charge is 0.0713 e. The summed E-state index contributed by atoms with van der Waals surface area (Å²) in [5, 5.41) is 5.29. The molecule has 3 aromatic rings. The van der Waals surface area contributed by atoms with Gasteiger partial charge in [0.05, 0.1) is 11.7 Å². The van der Waals surface area contributed by atoms with E-state index in [1.54, 1.807) is 4.68 Å². The lowest BCUT2D eigenvalue weighted by molar-refractivity contribution is 0.768. The van der Waals surface area contributed by atoms with Crippen LogP contribution in [0.4, 0.5) is 0 Å². The predicted octanol–water partition coefficient (Wildman–Crippen LogP) is 3.40. The zero-order chi connectivity index (χ0) is 11.8. The first-order valence-electron chi connectivity index (χ1n) is 5.27. The lowest BCUT2D eigenvalue weighted by Crippen LogP contribution is -1.85. The molecule has 3 nitrogen and oxygen atoms in total. The molecule has 84 valence electrons.